The minimum atomic E-state index is -0.856. The number of nitrogens with two attached hydrogens (primary N) is 1. The van der Waals surface area contributed by atoms with Crippen LogP contribution in [0.3, 0.4) is 0 Å². The number of rotatable bonds is 3. The molecule has 4 N–H and O–H groups in total. The summed E-state index contributed by atoms with van der Waals surface area (Å²) < 4.78 is 5.36. The zero-order valence-corrected chi connectivity index (χ0v) is 10.5. The summed E-state index contributed by atoms with van der Waals surface area (Å²) in [5.41, 5.74) is 6.21. The van der Waals surface area contributed by atoms with Crippen molar-refractivity contribution in [3.63, 3.8) is 0 Å². The van der Waals surface area contributed by atoms with Crippen LogP contribution in [0.4, 0.5) is 11.4 Å². The van der Waals surface area contributed by atoms with Crippen LogP contribution in [0.25, 0.3) is 0 Å². The molecule has 2 atom stereocenters. The smallest absolute Gasteiger partial charge is 0.110 e. The van der Waals surface area contributed by atoms with Crippen molar-refractivity contribution < 1.29 is 9.84 Å². The maximum atomic E-state index is 10.3. The Kier molecular flexibility index (Phi) is 3.47. The van der Waals surface area contributed by atoms with Crippen molar-refractivity contribution in [3.05, 3.63) is 23.2 Å². The number of hydrogen-bond donors (Lipinski definition) is 3. The van der Waals surface area contributed by atoms with E-state index in [0.29, 0.717) is 36.0 Å². The van der Waals surface area contributed by atoms with E-state index in [9.17, 15) is 5.11 Å². The highest BCUT2D eigenvalue weighted by Crippen LogP contribution is 2.31. The predicted octanol–water partition coefficient (Wildman–Crippen LogP) is 1.87. The molecule has 1 aliphatic rings. The largest absolute Gasteiger partial charge is 0.397 e. The van der Waals surface area contributed by atoms with Gasteiger partial charge >= 0.3 is 0 Å². The summed E-state index contributed by atoms with van der Waals surface area (Å²) in [6, 6.07) is 5.32. The summed E-state index contributed by atoms with van der Waals surface area (Å²) >= 11 is 6.04. The van der Waals surface area contributed by atoms with Gasteiger partial charge in [-0.1, -0.05) is 17.7 Å². The molecule has 0 bridgehead atoms. The maximum absolute atomic E-state index is 10.3. The molecule has 0 saturated carbocycles. The highest BCUT2D eigenvalue weighted by Gasteiger charge is 2.39. The summed E-state index contributed by atoms with van der Waals surface area (Å²) in [6.45, 7) is 2.82. The van der Waals surface area contributed by atoms with E-state index in [-0.39, 0.29) is 6.10 Å². The quantitative estimate of drug-likeness (QED) is 0.723. The molecule has 94 valence electrons. The molecule has 1 heterocycles. The van der Waals surface area contributed by atoms with Gasteiger partial charge in [-0.3, -0.25) is 0 Å². The molecule has 17 heavy (non-hydrogen) atoms. The maximum Gasteiger partial charge on any atom is 0.110 e. The fourth-order valence-electron chi connectivity index (χ4n) is 1.97. The Morgan fingerprint density at radius 3 is 3.00 bits per heavy atom. The number of hydrogen-bond acceptors (Lipinski definition) is 4. The van der Waals surface area contributed by atoms with E-state index in [4.69, 9.17) is 22.1 Å². The molecule has 0 aromatic heterocycles. The summed E-state index contributed by atoms with van der Waals surface area (Å²) in [6.07, 6.45) is 0.435. The zero-order chi connectivity index (χ0) is 12.5. The number of aliphatic hydroxyl groups is 1. The Morgan fingerprint density at radius 2 is 2.41 bits per heavy atom. The predicted molar refractivity (Wildman–Crippen MR) is 69.3 cm³/mol. The molecule has 0 aliphatic carbocycles. The lowest BCUT2D eigenvalue weighted by atomic mass is 9.96. The lowest BCUT2D eigenvalue weighted by Crippen LogP contribution is -2.43. The van der Waals surface area contributed by atoms with Gasteiger partial charge in [0.2, 0.25) is 0 Å². The SMILES string of the molecule is CC1OCCC1(O)CNc1c(N)cccc1Cl. The van der Waals surface area contributed by atoms with Crippen molar-refractivity contribution >= 4 is 23.0 Å². The third kappa shape index (κ3) is 2.49. The number of nitrogens with one attached hydrogen (secondary N) is 1. The number of benzene rings is 1. The fraction of sp³-hybridized carbons (Fsp3) is 0.500. The highest BCUT2D eigenvalue weighted by atomic mass is 35.5. The summed E-state index contributed by atoms with van der Waals surface area (Å²) in [5, 5.41) is 14.0. The van der Waals surface area contributed by atoms with Crippen molar-refractivity contribution in [2.45, 2.75) is 25.0 Å². The number of halogens is 1. The molecule has 1 fully saturated rings. The van der Waals surface area contributed by atoms with Crippen LogP contribution in [0.15, 0.2) is 18.2 Å². The Hall–Kier alpha value is -0.970. The van der Waals surface area contributed by atoms with Gasteiger partial charge in [0, 0.05) is 19.6 Å². The Balaban J connectivity index is 2.07. The van der Waals surface area contributed by atoms with Crippen LogP contribution in [0.2, 0.25) is 5.02 Å². The lowest BCUT2D eigenvalue weighted by molar-refractivity contribution is -0.0175. The normalized spacial score (nSPS) is 28.3. The van der Waals surface area contributed by atoms with Crippen LogP contribution in [-0.4, -0.2) is 30.0 Å². The molecule has 4 nitrogen and oxygen atoms in total. The minimum absolute atomic E-state index is 0.182. The standard InChI is InChI=1S/C12H17ClN2O2/c1-8-12(16,5-6-17-8)7-15-11-9(13)3-2-4-10(11)14/h2-4,8,15-16H,5-7,14H2,1H3. The molecule has 0 radical (unpaired) electrons. The van der Waals surface area contributed by atoms with Crippen LogP contribution in [-0.2, 0) is 4.74 Å². The molecule has 2 rings (SSSR count). The second-order valence-electron chi connectivity index (χ2n) is 4.42. The highest BCUT2D eigenvalue weighted by molar-refractivity contribution is 6.33. The third-order valence-corrected chi connectivity index (χ3v) is 3.59. The van der Waals surface area contributed by atoms with Gasteiger partial charge in [-0.15, -0.1) is 0 Å². The molecule has 0 amide bonds. The first-order valence-electron chi connectivity index (χ1n) is 5.65. The molecule has 1 aliphatic heterocycles. The van der Waals surface area contributed by atoms with E-state index in [1.807, 2.05) is 6.92 Å². The molecule has 1 saturated heterocycles. The molecular weight excluding hydrogens is 240 g/mol. The van der Waals surface area contributed by atoms with Gasteiger partial charge in [0.15, 0.2) is 0 Å². The topological polar surface area (TPSA) is 67.5 Å². The van der Waals surface area contributed by atoms with E-state index in [1.54, 1.807) is 18.2 Å². The van der Waals surface area contributed by atoms with Gasteiger partial charge in [0.25, 0.3) is 0 Å². The molecular formula is C12H17ClN2O2. The average molecular weight is 257 g/mol. The number of ether oxygens (including phenoxy) is 1. The van der Waals surface area contributed by atoms with Crippen LogP contribution in [0.5, 0.6) is 0 Å². The number of anilines is 2. The zero-order valence-electron chi connectivity index (χ0n) is 9.74. The first-order chi connectivity index (χ1) is 8.03. The first-order valence-corrected chi connectivity index (χ1v) is 6.02. The monoisotopic (exact) mass is 256 g/mol. The second kappa shape index (κ2) is 4.72. The van der Waals surface area contributed by atoms with Gasteiger partial charge in [-0.05, 0) is 19.1 Å². The molecule has 2 unspecified atom stereocenters. The van der Waals surface area contributed by atoms with Crippen LogP contribution in [0.1, 0.15) is 13.3 Å². The van der Waals surface area contributed by atoms with Crippen molar-refractivity contribution in [1.82, 2.24) is 0 Å². The lowest BCUT2D eigenvalue weighted by Gasteiger charge is -2.27. The number of para-hydroxylation sites is 1. The molecule has 1 aromatic rings. The Bertz CT molecular complexity index is 393. The van der Waals surface area contributed by atoms with Crippen molar-refractivity contribution in [2.24, 2.45) is 0 Å². The van der Waals surface area contributed by atoms with Crippen LogP contribution < -0.4 is 11.1 Å². The average Bonchev–Trinajstić information content (AvgIpc) is 2.59. The van der Waals surface area contributed by atoms with Gasteiger partial charge in [-0.25, -0.2) is 0 Å². The Labute approximate surface area is 106 Å². The van der Waals surface area contributed by atoms with E-state index in [2.05, 4.69) is 5.32 Å². The third-order valence-electron chi connectivity index (χ3n) is 3.28. The van der Waals surface area contributed by atoms with Crippen molar-refractivity contribution in [3.8, 4) is 0 Å². The van der Waals surface area contributed by atoms with Crippen molar-refractivity contribution in [1.29, 1.82) is 0 Å². The molecule has 1 aromatic carbocycles. The van der Waals surface area contributed by atoms with Crippen molar-refractivity contribution in [2.75, 3.05) is 24.2 Å². The second-order valence-corrected chi connectivity index (χ2v) is 4.83. The fourth-order valence-corrected chi connectivity index (χ4v) is 2.22. The summed E-state index contributed by atoms with van der Waals surface area (Å²) in [5.74, 6) is 0. The number of nitrogen functional groups attached to an aromatic ring is 1. The van der Waals surface area contributed by atoms with E-state index < -0.39 is 5.60 Å². The Morgan fingerprint density at radius 1 is 1.65 bits per heavy atom. The van der Waals surface area contributed by atoms with Crippen LogP contribution >= 0.6 is 11.6 Å². The molecule has 5 heteroatoms. The first kappa shape index (κ1) is 12.5. The minimum Gasteiger partial charge on any atom is -0.397 e. The summed E-state index contributed by atoms with van der Waals surface area (Å²) in [4.78, 5) is 0. The van der Waals surface area contributed by atoms with Gasteiger partial charge in [0.05, 0.1) is 22.5 Å². The summed E-state index contributed by atoms with van der Waals surface area (Å²) in [7, 11) is 0. The van der Waals surface area contributed by atoms with E-state index in [0.717, 1.165) is 0 Å². The van der Waals surface area contributed by atoms with Crippen LogP contribution in [0, 0.1) is 0 Å². The van der Waals surface area contributed by atoms with E-state index in [1.165, 1.54) is 0 Å². The van der Waals surface area contributed by atoms with Gasteiger partial charge in [-0.2, -0.15) is 0 Å². The molecule has 0 spiro atoms. The van der Waals surface area contributed by atoms with E-state index >= 15 is 0 Å². The van der Waals surface area contributed by atoms with Gasteiger partial charge < -0.3 is 20.9 Å². The van der Waals surface area contributed by atoms with Gasteiger partial charge in [0.1, 0.15) is 5.60 Å².